The van der Waals surface area contributed by atoms with E-state index in [0.29, 0.717) is 23.6 Å². The smallest absolute Gasteiger partial charge is 0.253 e. The van der Waals surface area contributed by atoms with Crippen LogP contribution in [0, 0.1) is 0 Å². The number of hydrogen-bond donors (Lipinski definition) is 2. The van der Waals surface area contributed by atoms with Crippen molar-refractivity contribution in [1.82, 2.24) is 4.90 Å². The van der Waals surface area contributed by atoms with Gasteiger partial charge in [0.2, 0.25) is 5.91 Å². The van der Waals surface area contributed by atoms with Crippen molar-refractivity contribution in [3.63, 3.8) is 0 Å². The van der Waals surface area contributed by atoms with E-state index in [4.69, 9.17) is 9.47 Å². The highest BCUT2D eigenvalue weighted by molar-refractivity contribution is 5.96. The molecule has 2 amide bonds. The van der Waals surface area contributed by atoms with Crippen LogP contribution >= 0.6 is 0 Å². The summed E-state index contributed by atoms with van der Waals surface area (Å²) in [4.78, 5) is 26.9. The molecule has 0 aromatic heterocycles. The van der Waals surface area contributed by atoms with Gasteiger partial charge in [-0.1, -0.05) is 12.1 Å². The van der Waals surface area contributed by atoms with E-state index in [9.17, 15) is 9.59 Å². The van der Waals surface area contributed by atoms with Crippen molar-refractivity contribution in [2.24, 2.45) is 0 Å². The minimum atomic E-state index is -0.172. The highest BCUT2D eigenvalue weighted by atomic mass is 16.5. The molecule has 1 atom stereocenters. The Bertz CT molecular complexity index is 904. The molecular formula is C25H31N3O4. The second-order valence-electron chi connectivity index (χ2n) is 8.27. The van der Waals surface area contributed by atoms with E-state index in [1.165, 1.54) is 6.42 Å². The maximum Gasteiger partial charge on any atom is 0.253 e. The van der Waals surface area contributed by atoms with Gasteiger partial charge in [0, 0.05) is 30.9 Å². The summed E-state index contributed by atoms with van der Waals surface area (Å²) in [6, 6.07) is 14.7. The second kappa shape index (κ2) is 11.0. The predicted octanol–water partition coefficient (Wildman–Crippen LogP) is 3.92. The number of hydrogen-bond acceptors (Lipinski definition) is 5. The fourth-order valence-corrected chi connectivity index (χ4v) is 4.05. The fraction of sp³-hybridized carbons (Fsp3) is 0.440. The molecule has 0 saturated carbocycles. The van der Waals surface area contributed by atoms with E-state index in [0.717, 1.165) is 51.1 Å². The number of piperidine rings is 1. The second-order valence-corrected chi connectivity index (χ2v) is 8.27. The van der Waals surface area contributed by atoms with Gasteiger partial charge in [-0.25, -0.2) is 0 Å². The number of benzene rings is 2. The molecule has 0 radical (unpaired) electrons. The fourth-order valence-electron chi connectivity index (χ4n) is 4.05. The molecule has 7 heteroatoms. The van der Waals surface area contributed by atoms with E-state index >= 15 is 0 Å². The highest BCUT2D eigenvalue weighted by Crippen LogP contribution is 2.25. The molecule has 1 unspecified atom stereocenters. The molecular weight excluding hydrogens is 406 g/mol. The highest BCUT2D eigenvalue weighted by Gasteiger charge is 2.18. The number of nitrogens with one attached hydrogen (secondary N) is 2. The average Bonchev–Trinajstić information content (AvgIpc) is 3.36. The van der Waals surface area contributed by atoms with Crippen LogP contribution in [0.3, 0.4) is 0 Å². The SMILES string of the molecule is O=C(CNc1ccccc1OCC1CCCO1)Nc1ccc(C(=O)N2CCCCC2)cc1. The number of carbonyl (C=O) groups is 2. The normalized spacial score (nSPS) is 18.2. The Morgan fingerprint density at radius 1 is 1.00 bits per heavy atom. The predicted molar refractivity (Wildman–Crippen MR) is 124 cm³/mol. The third-order valence-corrected chi connectivity index (χ3v) is 5.83. The molecule has 7 nitrogen and oxygen atoms in total. The number of amides is 2. The Hall–Kier alpha value is -3.06. The lowest BCUT2D eigenvalue weighted by Gasteiger charge is -2.26. The molecule has 2 aliphatic rings. The molecule has 2 heterocycles. The summed E-state index contributed by atoms with van der Waals surface area (Å²) in [7, 11) is 0. The average molecular weight is 438 g/mol. The summed E-state index contributed by atoms with van der Waals surface area (Å²) >= 11 is 0. The first-order valence-corrected chi connectivity index (χ1v) is 11.5. The van der Waals surface area contributed by atoms with Gasteiger partial charge in [-0.2, -0.15) is 0 Å². The zero-order valence-electron chi connectivity index (χ0n) is 18.3. The van der Waals surface area contributed by atoms with E-state index in [-0.39, 0.29) is 24.5 Å². The molecule has 2 N–H and O–H groups in total. The van der Waals surface area contributed by atoms with Crippen molar-refractivity contribution in [1.29, 1.82) is 0 Å². The first-order chi connectivity index (χ1) is 15.7. The lowest BCUT2D eigenvalue weighted by atomic mass is 10.1. The number of carbonyl (C=O) groups excluding carboxylic acids is 2. The van der Waals surface area contributed by atoms with Gasteiger partial charge in [-0.15, -0.1) is 0 Å². The van der Waals surface area contributed by atoms with Gasteiger partial charge in [0.1, 0.15) is 12.4 Å². The quantitative estimate of drug-likeness (QED) is 0.654. The number of anilines is 2. The Labute approximate surface area is 189 Å². The molecule has 2 aromatic carbocycles. The summed E-state index contributed by atoms with van der Waals surface area (Å²) in [6.45, 7) is 3.05. The van der Waals surface area contributed by atoms with Crippen molar-refractivity contribution < 1.29 is 19.1 Å². The van der Waals surface area contributed by atoms with Gasteiger partial charge in [0.15, 0.2) is 0 Å². The van der Waals surface area contributed by atoms with Crippen LogP contribution in [-0.2, 0) is 9.53 Å². The number of para-hydroxylation sites is 2. The van der Waals surface area contributed by atoms with Gasteiger partial charge < -0.3 is 25.0 Å². The Morgan fingerprint density at radius 2 is 1.78 bits per heavy atom. The maximum absolute atomic E-state index is 12.6. The summed E-state index contributed by atoms with van der Waals surface area (Å²) < 4.78 is 11.5. The summed E-state index contributed by atoms with van der Waals surface area (Å²) in [5.41, 5.74) is 2.08. The lowest BCUT2D eigenvalue weighted by Crippen LogP contribution is -2.35. The molecule has 2 saturated heterocycles. The molecule has 4 rings (SSSR count). The zero-order valence-corrected chi connectivity index (χ0v) is 18.3. The third kappa shape index (κ3) is 6.01. The Balaban J connectivity index is 1.26. The van der Waals surface area contributed by atoms with Crippen molar-refractivity contribution >= 4 is 23.2 Å². The standard InChI is InChI=1S/C25H31N3O4/c29-24(17-26-22-8-2-3-9-23(22)32-18-21-7-6-16-31-21)27-20-12-10-19(11-13-20)25(30)28-14-4-1-5-15-28/h2-3,8-13,21,26H,1,4-7,14-18H2,(H,27,29). The number of likely N-dealkylation sites (tertiary alicyclic amines) is 1. The van der Waals surface area contributed by atoms with Gasteiger partial charge in [-0.05, 0) is 68.5 Å². The van der Waals surface area contributed by atoms with Crippen molar-refractivity contribution in [3.8, 4) is 5.75 Å². The Morgan fingerprint density at radius 3 is 2.53 bits per heavy atom. The van der Waals surface area contributed by atoms with Crippen LogP contribution in [-0.4, -0.2) is 55.7 Å². The largest absolute Gasteiger partial charge is 0.489 e. The van der Waals surface area contributed by atoms with Crippen LogP contribution in [0.2, 0.25) is 0 Å². The van der Waals surface area contributed by atoms with Crippen LogP contribution in [0.4, 0.5) is 11.4 Å². The van der Waals surface area contributed by atoms with Crippen LogP contribution in [0.15, 0.2) is 48.5 Å². The van der Waals surface area contributed by atoms with Crippen LogP contribution in [0.25, 0.3) is 0 Å². The summed E-state index contributed by atoms with van der Waals surface area (Å²) in [5.74, 6) is 0.592. The van der Waals surface area contributed by atoms with Crippen molar-refractivity contribution in [3.05, 3.63) is 54.1 Å². The van der Waals surface area contributed by atoms with Crippen LogP contribution in [0.1, 0.15) is 42.5 Å². The molecule has 0 aliphatic carbocycles. The van der Waals surface area contributed by atoms with Gasteiger partial charge in [-0.3, -0.25) is 9.59 Å². The van der Waals surface area contributed by atoms with Crippen molar-refractivity contribution in [2.75, 3.05) is 43.5 Å². The zero-order chi connectivity index (χ0) is 22.2. The van der Waals surface area contributed by atoms with Crippen LogP contribution in [0.5, 0.6) is 5.75 Å². The van der Waals surface area contributed by atoms with E-state index in [1.54, 1.807) is 24.3 Å². The molecule has 2 aromatic rings. The van der Waals surface area contributed by atoms with E-state index < -0.39 is 0 Å². The molecule has 0 bridgehead atoms. The number of ether oxygens (including phenoxy) is 2. The monoisotopic (exact) mass is 437 g/mol. The molecule has 170 valence electrons. The third-order valence-electron chi connectivity index (χ3n) is 5.83. The maximum atomic E-state index is 12.6. The minimum absolute atomic E-state index is 0.0591. The van der Waals surface area contributed by atoms with Crippen LogP contribution < -0.4 is 15.4 Å². The summed E-state index contributed by atoms with van der Waals surface area (Å²) in [6.07, 6.45) is 5.54. The molecule has 2 fully saturated rings. The topological polar surface area (TPSA) is 79.9 Å². The minimum Gasteiger partial charge on any atom is -0.489 e. The Kier molecular flexibility index (Phi) is 7.61. The molecule has 0 spiro atoms. The first kappa shape index (κ1) is 22.1. The van der Waals surface area contributed by atoms with E-state index in [2.05, 4.69) is 10.6 Å². The number of nitrogens with zero attached hydrogens (tertiary/aromatic N) is 1. The number of rotatable bonds is 8. The van der Waals surface area contributed by atoms with Gasteiger partial charge in [0.05, 0.1) is 18.3 Å². The molecule has 32 heavy (non-hydrogen) atoms. The van der Waals surface area contributed by atoms with Gasteiger partial charge in [0.25, 0.3) is 5.91 Å². The van der Waals surface area contributed by atoms with E-state index in [1.807, 2.05) is 29.2 Å². The summed E-state index contributed by atoms with van der Waals surface area (Å²) in [5, 5.41) is 6.01. The van der Waals surface area contributed by atoms with Gasteiger partial charge >= 0.3 is 0 Å². The lowest BCUT2D eigenvalue weighted by molar-refractivity contribution is -0.114. The first-order valence-electron chi connectivity index (χ1n) is 11.5. The van der Waals surface area contributed by atoms with Crippen molar-refractivity contribution in [2.45, 2.75) is 38.2 Å². The molecule has 2 aliphatic heterocycles.